The highest BCUT2D eigenvalue weighted by molar-refractivity contribution is 7.17. The number of aromatic nitrogens is 1. The number of nitrogens with zero attached hydrogens (tertiary/aromatic N) is 3. The topological polar surface area (TPSA) is 142 Å². The molecular weight excluding hydrogens is 418 g/mol. The minimum Gasteiger partial charge on any atom is -0.351 e. The largest absolute Gasteiger partial charge is 0.351 e. The zero-order chi connectivity index (χ0) is 22.8. The van der Waals surface area contributed by atoms with E-state index in [2.05, 4.69) is 26.0 Å². The molecule has 0 radical (unpaired) electrons. The van der Waals surface area contributed by atoms with Crippen molar-refractivity contribution in [1.29, 1.82) is 0 Å². The molecule has 31 heavy (non-hydrogen) atoms. The zero-order valence-corrected chi connectivity index (χ0v) is 18.6. The van der Waals surface area contributed by atoms with E-state index in [9.17, 15) is 14.4 Å². The van der Waals surface area contributed by atoms with Crippen LogP contribution in [0.3, 0.4) is 0 Å². The van der Waals surface area contributed by atoms with Gasteiger partial charge in [0.2, 0.25) is 11.8 Å². The number of hydrogen-bond donors (Lipinski definition) is 4. The summed E-state index contributed by atoms with van der Waals surface area (Å²) in [6.45, 7) is 1.61. The van der Waals surface area contributed by atoms with Crippen molar-refractivity contribution in [2.24, 2.45) is 10.8 Å². The van der Waals surface area contributed by atoms with Crippen LogP contribution in [0.15, 0.2) is 29.3 Å². The third-order valence-corrected chi connectivity index (χ3v) is 5.20. The van der Waals surface area contributed by atoms with Gasteiger partial charge in [0.15, 0.2) is 5.13 Å². The summed E-state index contributed by atoms with van der Waals surface area (Å²) < 4.78 is 0. The Balaban J connectivity index is 2.07. The second-order valence-corrected chi connectivity index (χ2v) is 7.86. The number of hydrazine groups is 1. The molecule has 10 nitrogen and oxygen atoms in total. The average molecular weight is 446 g/mol. The summed E-state index contributed by atoms with van der Waals surface area (Å²) in [7, 11) is 3.33. The molecule has 1 aromatic heterocycles. The number of anilines is 1. The van der Waals surface area contributed by atoms with Gasteiger partial charge < -0.3 is 21.0 Å². The molecule has 1 heterocycles. The molecule has 5 N–H and O–H groups in total. The van der Waals surface area contributed by atoms with Crippen molar-refractivity contribution in [3.05, 3.63) is 40.4 Å². The zero-order valence-electron chi connectivity index (χ0n) is 17.8. The van der Waals surface area contributed by atoms with Gasteiger partial charge in [-0.2, -0.15) is 0 Å². The summed E-state index contributed by atoms with van der Waals surface area (Å²) in [6, 6.07) is 7.61. The summed E-state index contributed by atoms with van der Waals surface area (Å²) in [4.78, 5) is 46.2. The SMILES string of the molecule is CC(=O)Nc1nc(CCc2ccc(N=CNN)cc2)c(C(=O)NCCC(=O)N(C)C)s1. The molecular formula is C20H27N7O3S. The number of hydrogen-bond acceptors (Lipinski definition) is 7. The third kappa shape index (κ3) is 7.79. The fourth-order valence-electron chi connectivity index (χ4n) is 2.61. The van der Waals surface area contributed by atoms with Gasteiger partial charge in [-0.1, -0.05) is 23.5 Å². The van der Waals surface area contributed by atoms with Gasteiger partial charge in [0.05, 0.1) is 11.4 Å². The fourth-order valence-corrected chi connectivity index (χ4v) is 3.59. The molecule has 0 fully saturated rings. The monoisotopic (exact) mass is 445 g/mol. The van der Waals surface area contributed by atoms with E-state index in [-0.39, 0.29) is 30.7 Å². The lowest BCUT2D eigenvalue weighted by atomic mass is 10.1. The van der Waals surface area contributed by atoms with E-state index in [1.807, 2.05) is 24.3 Å². The van der Waals surface area contributed by atoms with Crippen LogP contribution in [-0.2, 0) is 22.4 Å². The molecule has 2 aromatic rings. The maximum absolute atomic E-state index is 12.7. The molecule has 0 unspecified atom stereocenters. The molecule has 3 amide bonds. The van der Waals surface area contributed by atoms with Crippen molar-refractivity contribution in [1.82, 2.24) is 20.6 Å². The van der Waals surface area contributed by atoms with Crippen LogP contribution in [0.2, 0.25) is 0 Å². The Kier molecular flexibility index (Phi) is 9.10. The maximum Gasteiger partial charge on any atom is 0.263 e. The van der Waals surface area contributed by atoms with Crippen LogP contribution in [0.5, 0.6) is 0 Å². The highest BCUT2D eigenvalue weighted by Gasteiger charge is 2.19. The Morgan fingerprint density at radius 2 is 1.90 bits per heavy atom. The highest BCUT2D eigenvalue weighted by atomic mass is 32.1. The summed E-state index contributed by atoms with van der Waals surface area (Å²) in [5.41, 5.74) is 4.76. The van der Waals surface area contributed by atoms with Crippen molar-refractivity contribution >= 4 is 46.2 Å². The Morgan fingerprint density at radius 3 is 2.52 bits per heavy atom. The Morgan fingerprint density at radius 1 is 1.19 bits per heavy atom. The van der Waals surface area contributed by atoms with Crippen LogP contribution in [0.25, 0.3) is 0 Å². The maximum atomic E-state index is 12.7. The third-order valence-electron chi connectivity index (χ3n) is 4.18. The predicted molar refractivity (Wildman–Crippen MR) is 121 cm³/mol. The number of benzene rings is 1. The minimum absolute atomic E-state index is 0.0706. The molecule has 0 bridgehead atoms. The van der Waals surface area contributed by atoms with E-state index < -0.39 is 0 Å². The summed E-state index contributed by atoms with van der Waals surface area (Å²) in [5, 5.41) is 5.76. The number of aryl methyl sites for hydroxylation is 2. The lowest BCUT2D eigenvalue weighted by Gasteiger charge is -2.10. The number of amides is 3. The van der Waals surface area contributed by atoms with Crippen LogP contribution in [-0.4, -0.2) is 54.6 Å². The smallest absolute Gasteiger partial charge is 0.263 e. The Hall–Kier alpha value is -3.31. The van der Waals surface area contributed by atoms with Crippen LogP contribution in [0, 0.1) is 0 Å². The van der Waals surface area contributed by atoms with Gasteiger partial charge in [0.1, 0.15) is 11.2 Å². The number of nitrogens with one attached hydrogen (secondary N) is 3. The number of aliphatic imine (C=N–C) groups is 1. The molecule has 11 heteroatoms. The molecule has 1 aromatic carbocycles. The fraction of sp³-hybridized carbons (Fsp3) is 0.350. The van der Waals surface area contributed by atoms with E-state index in [0.717, 1.165) is 22.6 Å². The van der Waals surface area contributed by atoms with Crippen LogP contribution in [0.1, 0.15) is 34.3 Å². The first kappa shape index (κ1) is 24.0. The molecule has 2 rings (SSSR count). The first-order valence-electron chi connectivity index (χ1n) is 9.63. The number of carbonyl (C=O) groups excluding carboxylic acids is 3. The highest BCUT2D eigenvalue weighted by Crippen LogP contribution is 2.25. The molecule has 0 saturated carbocycles. The molecule has 0 aliphatic heterocycles. The van der Waals surface area contributed by atoms with E-state index in [0.29, 0.717) is 28.5 Å². The van der Waals surface area contributed by atoms with Gasteiger partial charge in [-0.05, 0) is 30.5 Å². The van der Waals surface area contributed by atoms with Gasteiger partial charge in [0.25, 0.3) is 5.91 Å². The first-order valence-corrected chi connectivity index (χ1v) is 10.4. The number of thiazole rings is 1. The molecule has 0 aliphatic carbocycles. The lowest BCUT2D eigenvalue weighted by Crippen LogP contribution is -2.30. The van der Waals surface area contributed by atoms with E-state index in [1.54, 1.807) is 14.1 Å². The first-order chi connectivity index (χ1) is 14.8. The normalized spacial score (nSPS) is 10.7. The quantitative estimate of drug-likeness (QED) is 0.187. The summed E-state index contributed by atoms with van der Waals surface area (Å²) in [5.74, 6) is 4.53. The van der Waals surface area contributed by atoms with Crippen molar-refractivity contribution in [2.45, 2.75) is 26.2 Å². The molecule has 0 atom stereocenters. The average Bonchev–Trinajstić information content (AvgIpc) is 3.13. The molecule has 166 valence electrons. The molecule has 0 spiro atoms. The second kappa shape index (κ2) is 11.8. The van der Waals surface area contributed by atoms with Crippen LogP contribution in [0.4, 0.5) is 10.8 Å². The van der Waals surface area contributed by atoms with Gasteiger partial charge >= 0.3 is 0 Å². The lowest BCUT2D eigenvalue weighted by molar-refractivity contribution is -0.128. The van der Waals surface area contributed by atoms with Crippen molar-refractivity contribution < 1.29 is 14.4 Å². The van der Waals surface area contributed by atoms with E-state index in [4.69, 9.17) is 5.84 Å². The Bertz CT molecular complexity index is 939. The van der Waals surface area contributed by atoms with E-state index in [1.165, 1.54) is 18.2 Å². The number of nitrogens with two attached hydrogens (primary N) is 1. The minimum atomic E-state index is -0.311. The van der Waals surface area contributed by atoms with E-state index >= 15 is 0 Å². The van der Waals surface area contributed by atoms with Crippen molar-refractivity contribution in [3.63, 3.8) is 0 Å². The van der Waals surface area contributed by atoms with Crippen LogP contribution >= 0.6 is 11.3 Å². The van der Waals surface area contributed by atoms with Crippen molar-refractivity contribution in [3.8, 4) is 0 Å². The van der Waals surface area contributed by atoms with Crippen LogP contribution < -0.4 is 21.9 Å². The van der Waals surface area contributed by atoms with Gasteiger partial charge in [-0.25, -0.2) is 15.8 Å². The standard InChI is InChI=1S/C20H27N7O3S/c1-13(28)25-20-26-16(9-6-14-4-7-15(8-5-14)23-12-24-21)18(31-20)19(30)22-11-10-17(29)27(2)3/h4-5,7-8,12H,6,9-11,21H2,1-3H3,(H,22,30)(H,23,24)(H,25,26,28). The summed E-state index contributed by atoms with van der Waals surface area (Å²) >= 11 is 1.12. The Labute approximate surface area is 184 Å². The second-order valence-electron chi connectivity index (χ2n) is 6.86. The van der Waals surface area contributed by atoms with Gasteiger partial charge in [0, 0.05) is 34.0 Å². The molecule has 0 aliphatic rings. The van der Waals surface area contributed by atoms with Gasteiger partial charge in [-0.3, -0.25) is 14.4 Å². The summed E-state index contributed by atoms with van der Waals surface area (Å²) in [6.07, 6.45) is 2.77. The predicted octanol–water partition coefficient (Wildman–Crippen LogP) is 1.22. The van der Waals surface area contributed by atoms with Crippen molar-refractivity contribution in [2.75, 3.05) is 26.0 Å². The van der Waals surface area contributed by atoms with Gasteiger partial charge in [-0.15, -0.1) is 0 Å². The number of rotatable bonds is 10. The molecule has 0 saturated heterocycles. The number of carbonyl (C=O) groups is 3.